The highest BCUT2D eigenvalue weighted by Crippen LogP contribution is 2.24. The van der Waals surface area contributed by atoms with E-state index in [1.54, 1.807) is 18.0 Å². The number of anilines is 1. The van der Waals surface area contributed by atoms with Crippen LogP contribution in [0.2, 0.25) is 0 Å². The van der Waals surface area contributed by atoms with Crippen LogP contribution in [-0.2, 0) is 0 Å². The van der Waals surface area contributed by atoms with Crippen LogP contribution in [0.25, 0.3) is 0 Å². The molecule has 0 aliphatic carbocycles. The molecular formula is C15H18N4OS. The average Bonchev–Trinajstić information content (AvgIpc) is 2.98. The second-order valence-electron chi connectivity index (χ2n) is 5.02. The van der Waals surface area contributed by atoms with Crippen molar-refractivity contribution >= 4 is 17.6 Å². The van der Waals surface area contributed by atoms with Gasteiger partial charge in [-0.05, 0) is 25.3 Å². The molecule has 1 unspecified atom stereocenters. The van der Waals surface area contributed by atoms with Crippen molar-refractivity contribution in [1.29, 1.82) is 0 Å². The van der Waals surface area contributed by atoms with Gasteiger partial charge in [-0.3, -0.25) is 4.98 Å². The number of nitrogens with zero attached hydrogens (tertiary/aromatic N) is 4. The molecule has 6 heteroatoms. The molecular weight excluding hydrogens is 284 g/mol. The number of hydrogen-bond donors (Lipinski definition) is 0. The molecule has 0 radical (unpaired) electrons. The summed E-state index contributed by atoms with van der Waals surface area (Å²) in [7, 11) is 0. The number of ether oxygens (including phenoxy) is 1. The molecule has 0 spiro atoms. The van der Waals surface area contributed by atoms with Crippen molar-refractivity contribution in [2.75, 3.05) is 24.2 Å². The van der Waals surface area contributed by atoms with Gasteiger partial charge in [-0.25, -0.2) is 9.97 Å². The Balaban J connectivity index is 1.66. The number of rotatable bonds is 4. The van der Waals surface area contributed by atoms with E-state index < -0.39 is 0 Å². The van der Waals surface area contributed by atoms with Gasteiger partial charge in [0, 0.05) is 37.1 Å². The van der Waals surface area contributed by atoms with Crippen molar-refractivity contribution in [3.63, 3.8) is 0 Å². The monoisotopic (exact) mass is 302 g/mol. The first-order valence-corrected chi connectivity index (χ1v) is 8.18. The van der Waals surface area contributed by atoms with Crippen LogP contribution in [0.15, 0.2) is 35.9 Å². The minimum atomic E-state index is 0.193. The van der Waals surface area contributed by atoms with E-state index in [9.17, 15) is 0 Å². The molecule has 1 aliphatic rings. The van der Waals surface area contributed by atoms with Crippen LogP contribution in [0.5, 0.6) is 5.75 Å². The van der Waals surface area contributed by atoms with Crippen LogP contribution < -0.4 is 9.64 Å². The SMILES string of the molecule is CSc1nccc(N2CCC(Oc3ccncc3C)C2)n1. The quantitative estimate of drug-likeness (QED) is 0.639. The molecule has 110 valence electrons. The fourth-order valence-electron chi connectivity index (χ4n) is 2.41. The maximum atomic E-state index is 6.08. The average molecular weight is 302 g/mol. The van der Waals surface area contributed by atoms with Gasteiger partial charge in [0.2, 0.25) is 0 Å². The third kappa shape index (κ3) is 3.26. The lowest BCUT2D eigenvalue weighted by Gasteiger charge is -2.18. The third-order valence-corrected chi connectivity index (χ3v) is 4.09. The fraction of sp³-hybridized carbons (Fsp3) is 0.400. The Kier molecular flexibility index (Phi) is 4.24. The Morgan fingerprint density at radius 2 is 2.24 bits per heavy atom. The van der Waals surface area contributed by atoms with E-state index in [-0.39, 0.29) is 6.10 Å². The fourth-order valence-corrected chi connectivity index (χ4v) is 2.76. The summed E-state index contributed by atoms with van der Waals surface area (Å²) in [5, 5.41) is 0.807. The molecule has 0 aromatic carbocycles. The molecule has 1 aliphatic heterocycles. The first-order chi connectivity index (χ1) is 10.3. The molecule has 21 heavy (non-hydrogen) atoms. The number of aryl methyl sites for hydroxylation is 1. The standard InChI is InChI=1S/C15H18N4OS/c1-11-9-16-6-3-13(11)20-12-5-8-19(10-12)14-4-7-17-15(18-14)21-2/h3-4,6-7,9,12H,5,8,10H2,1-2H3. The lowest BCUT2D eigenvalue weighted by molar-refractivity contribution is 0.223. The Morgan fingerprint density at radius 3 is 3.05 bits per heavy atom. The summed E-state index contributed by atoms with van der Waals surface area (Å²) in [6.45, 7) is 3.83. The van der Waals surface area contributed by atoms with Gasteiger partial charge in [0.25, 0.3) is 0 Å². The molecule has 1 saturated heterocycles. The number of hydrogen-bond acceptors (Lipinski definition) is 6. The molecule has 3 heterocycles. The van der Waals surface area contributed by atoms with E-state index in [2.05, 4.69) is 19.9 Å². The van der Waals surface area contributed by atoms with Crippen LogP contribution in [-0.4, -0.2) is 40.4 Å². The topological polar surface area (TPSA) is 51.1 Å². The minimum Gasteiger partial charge on any atom is -0.488 e. The maximum Gasteiger partial charge on any atom is 0.189 e. The second-order valence-corrected chi connectivity index (χ2v) is 5.79. The van der Waals surface area contributed by atoms with Crippen LogP contribution >= 0.6 is 11.8 Å². The van der Waals surface area contributed by atoms with Crippen LogP contribution in [0.3, 0.4) is 0 Å². The van der Waals surface area contributed by atoms with E-state index in [4.69, 9.17) is 4.74 Å². The smallest absolute Gasteiger partial charge is 0.189 e. The van der Waals surface area contributed by atoms with Gasteiger partial charge in [0.15, 0.2) is 5.16 Å². The summed E-state index contributed by atoms with van der Waals surface area (Å²) >= 11 is 1.56. The first-order valence-electron chi connectivity index (χ1n) is 6.95. The molecule has 5 nitrogen and oxygen atoms in total. The summed E-state index contributed by atoms with van der Waals surface area (Å²) in [6.07, 6.45) is 8.59. The molecule has 0 bridgehead atoms. The van der Waals surface area contributed by atoms with Crippen molar-refractivity contribution in [2.45, 2.75) is 24.6 Å². The summed E-state index contributed by atoms with van der Waals surface area (Å²) in [4.78, 5) is 15.1. The van der Waals surface area contributed by atoms with E-state index in [0.29, 0.717) is 0 Å². The molecule has 2 aromatic heterocycles. The maximum absolute atomic E-state index is 6.08. The van der Waals surface area contributed by atoms with E-state index in [1.165, 1.54) is 0 Å². The van der Waals surface area contributed by atoms with Crippen molar-refractivity contribution in [3.05, 3.63) is 36.3 Å². The van der Waals surface area contributed by atoms with Gasteiger partial charge in [0.1, 0.15) is 17.7 Å². The van der Waals surface area contributed by atoms with Crippen molar-refractivity contribution in [2.24, 2.45) is 0 Å². The summed E-state index contributed by atoms with van der Waals surface area (Å²) in [5.41, 5.74) is 1.07. The van der Waals surface area contributed by atoms with Crippen LogP contribution in [0, 0.1) is 6.92 Å². The predicted molar refractivity (Wildman–Crippen MR) is 84.0 cm³/mol. The van der Waals surface area contributed by atoms with E-state index >= 15 is 0 Å². The van der Waals surface area contributed by atoms with Crippen LogP contribution in [0.1, 0.15) is 12.0 Å². The predicted octanol–water partition coefficient (Wildman–Crippen LogP) is 2.56. The zero-order chi connectivity index (χ0) is 14.7. The Morgan fingerprint density at radius 1 is 1.33 bits per heavy atom. The molecule has 1 atom stereocenters. The van der Waals surface area contributed by atoms with Gasteiger partial charge >= 0.3 is 0 Å². The zero-order valence-corrected chi connectivity index (χ0v) is 13.0. The largest absolute Gasteiger partial charge is 0.488 e. The number of thioether (sulfide) groups is 1. The lowest BCUT2D eigenvalue weighted by atomic mass is 10.2. The lowest BCUT2D eigenvalue weighted by Crippen LogP contribution is -2.25. The zero-order valence-electron chi connectivity index (χ0n) is 12.2. The van der Waals surface area contributed by atoms with Crippen molar-refractivity contribution in [3.8, 4) is 5.75 Å². The van der Waals surface area contributed by atoms with Gasteiger partial charge in [-0.1, -0.05) is 11.8 Å². The summed E-state index contributed by atoms with van der Waals surface area (Å²) in [6, 6.07) is 3.88. The minimum absolute atomic E-state index is 0.193. The van der Waals surface area contributed by atoms with Gasteiger partial charge in [0.05, 0.1) is 6.54 Å². The van der Waals surface area contributed by atoms with Crippen molar-refractivity contribution in [1.82, 2.24) is 15.0 Å². The number of pyridine rings is 1. The molecule has 3 rings (SSSR count). The Labute approximate surface area is 128 Å². The highest BCUT2D eigenvalue weighted by atomic mass is 32.2. The van der Waals surface area contributed by atoms with Gasteiger partial charge in [-0.2, -0.15) is 0 Å². The molecule has 0 amide bonds. The highest BCUT2D eigenvalue weighted by molar-refractivity contribution is 7.98. The Bertz CT molecular complexity index is 622. The molecule has 0 saturated carbocycles. The number of aromatic nitrogens is 3. The van der Waals surface area contributed by atoms with E-state index in [0.717, 1.165) is 41.8 Å². The third-order valence-electron chi connectivity index (χ3n) is 3.53. The molecule has 1 fully saturated rings. The first kappa shape index (κ1) is 14.1. The second kappa shape index (κ2) is 6.30. The summed E-state index contributed by atoms with van der Waals surface area (Å²) < 4.78 is 6.08. The van der Waals surface area contributed by atoms with Crippen molar-refractivity contribution < 1.29 is 4.74 Å². The highest BCUT2D eigenvalue weighted by Gasteiger charge is 2.25. The molecule has 2 aromatic rings. The summed E-state index contributed by atoms with van der Waals surface area (Å²) in [5.74, 6) is 1.90. The molecule has 0 N–H and O–H groups in total. The Hall–Kier alpha value is -1.82. The van der Waals surface area contributed by atoms with Gasteiger partial charge in [-0.15, -0.1) is 0 Å². The van der Waals surface area contributed by atoms with Crippen LogP contribution in [0.4, 0.5) is 5.82 Å². The van der Waals surface area contributed by atoms with Gasteiger partial charge < -0.3 is 9.64 Å². The van der Waals surface area contributed by atoms with E-state index in [1.807, 2.05) is 37.7 Å². The normalized spacial score (nSPS) is 18.0.